The summed E-state index contributed by atoms with van der Waals surface area (Å²) in [6.07, 6.45) is 3.55. The van der Waals surface area contributed by atoms with Gasteiger partial charge in [0.15, 0.2) is 11.5 Å². The second kappa shape index (κ2) is 5.77. The first-order chi connectivity index (χ1) is 12.8. The van der Waals surface area contributed by atoms with E-state index in [2.05, 4.69) is 31.8 Å². The molecule has 5 rings (SSSR count). The van der Waals surface area contributed by atoms with Gasteiger partial charge in [0.05, 0.1) is 46.2 Å². The van der Waals surface area contributed by atoms with Gasteiger partial charge in [0.2, 0.25) is 0 Å². The van der Waals surface area contributed by atoms with E-state index in [-0.39, 0.29) is 0 Å². The van der Waals surface area contributed by atoms with Crippen LogP contribution in [0, 0.1) is 6.92 Å². The van der Waals surface area contributed by atoms with Crippen molar-refractivity contribution < 1.29 is 0 Å². The molecule has 1 N–H and O–H groups in total. The number of rotatable bonds is 3. The summed E-state index contributed by atoms with van der Waals surface area (Å²) >= 11 is 0. The smallest absolute Gasteiger partial charge is 0.181 e. The lowest BCUT2D eigenvalue weighted by Crippen LogP contribution is -2.06. The predicted molar refractivity (Wildman–Crippen MR) is 102 cm³/mol. The fourth-order valence-corrected chi connectivity index (χ4v) is 3.15. The highest BCUT2D eigenvalue weighted by molar-refractivity contribution is 5.92. The van der Waals surface area contributed by atoms with Crippen molar-refractivity contribution in [1.29, 1.82) is 0 Å². The third kappa shape index (κ3) is 2.35. The van der Waals surface area contributed by atoms with Crippen LogP contribution < -0.4 is 5.32 Å². The molecule has 0 atom stereocenters. The Kier molecular flexibility index (Phi) is 3.28. The molecule has 0 radical (unpaired) electrons. The molecule has 0 saturated heterocycles. The van der Waals surface area contributed by atoms with Gasteiger partial charge in [-0.05, 0) is 31.2 Å². The number of aromatic nitrogens is 5. The van der Waals surface area contributed by atoms with Crippen molar-refractivity contribution in [3.05, 3.63) is 72.3 Å². The molecule has 26 heavy (non-hydrogen) atoms. The summed E-state index contributed by atoms with van der Waals surface area (Å²) in [5, 5.41) is 3.38. The Labute approximate surface area is 149 Å². The first kappa shape index (κ1) is 14.8. The van der Waals surface area contributed by atoms with Crippen LogP contribution in [0.15, 0.2) is 60.9 Å². The zero-order valence-corrected chi connectivity index (χ0v) is 14.2. The second-order valence-corrected chi connectivity index (χ2v) is 6.21. The Balaban J connectivity index is 1.69. The average molecular weight is 340 g/mol. The normalized spacial score (nSPS) is 11.4. The zero-order valence-electron chi connectivity index (χ0n) is 14.2. The monoisotopic (exact) mass is 340 g/mol. The summed E-state index contributed by atoms with van der Waals surface area (Å²) in [6, 6.07) is 16.2. The van der Waals surface area contributed by atoms with Crippen molar-refractivity contribution in [3.63, 3.8) is 0 Å². The van der Waals surface area contributed by atoms with Crippen LogP contribution in [-0.4, -0.2) is 24.3 Å². The van der Waals surface area contributed by atoms with Crippen LogP contribution in [0.25, 0.3) is 27.7 Å². The minimum atomic E-state index is 0.539. The largest absolute Gasteiger partial charge is 0.361 e. The van der Waals surface area contributed by atoms with Gasteiger partial charge < -0.3 is 5.32 Å². The molecule has 126 valence electrons. The number of fused-ring (bicyclic) bond motifs is 5. The zero-order chi connectivity index (χ0) is 17.5. The van der Waals surface area contributed by atoms with Crippen LogP contribution in [0.5, 0.6) is 0 Å². The number of nitrogens with zero attached hydrogens (tertiary/aromatic N) is 5. The topological polar surface area (TPSA) is 68.0 Å². The Morgan fingerprint density at radius 1 is 0.846 bits per heavy atom. The van der Waals surface area contributed by atoms with Crippen LogP contribution in [-0.2, 0) is 6.54 Å². The van der Waals surface area contributed by atoms with E-state index in [0.29, 0.717) is 6.54 Å². The lowest BCUT2D eigenvalue weighted by Gasteiger charge is -2.09. The molecule has 0 bridgehead atoms. The van der Waals surface area contributed by atoms with E-state index in [0.717, 1.165) is 44.9 Å². The van der Waals surface area contributed by atoms with Gasteiger partial charge in [0, 0.05) is 6.20 Å². The maximum Gasteiger partial charge on any atom is 0.181 e. The third-order valence-corrected chi connectivity index (χ3v) is 4.40. The molecule has 2 aromatic carbocycles. The minimum Gasteiger partial charge on any atom is -0.361 e. The molecule has 5 aromatic rings. The number of anilines is 1. The fourth-order valence-electron chi connectivity index (χ4n) is 3.15. The van der Waals surface area contributed by atoms with Crippen LogP contribution >= 0.6 is 0 Å². The van der Waals surface area contributed by atoms with E-state index in [9.17, 15) is 0 Å². The van der Waals surface area contributed by atoms with E-state index in [1.807, 2.05) is 43.3 Å². The number of hydrogen-bond acceptors (Lipinski definition) is 5. The standard InChI is InChI=1S/C20H16N6/c1-13-10-22-14(11-21-13)12-23-19-20-25-16-7-3-5-9-18(16)26(20)17-8-4-2-6-15(17)24-19/h2-11H,12H2,1H3,(H,23,24). The van der Waals surface area contributed by atoms with Crippen LogP contribution in [0.1, 0.15) is 11.4 Å². The molecule has 0 unspecified atom stereocenters. The molecule has 6 nitrogen and oxygen atoms in total. The van der Waals surface area contributed by atoms with Crippen molar-refractivity contribution in [2.24, 2.45) is 0 Å². The molecular weight excluding hydrogens is 324 g/mol. The first-order valence-electron chi connectivity index (χ1n) is 8.47. The van der Waals surface area contributed by atoms with E-state index in [4.69, 9.17) is 9.97 Å². The van der Waals surface area contributed by atoms with Gasteiger partial charge in [0.25, 0.3) is 0 Å². The highest BCUT2D eigenvalue weighted by Crippen LogP contribution is 2.26. The highest BCUT2D eigenvalue weighted by atomic mass is 15.1. The van der Waals surface area contributed by atoms with Crippen LogP contribution in [0.3, 0.4) is 0 Å². The van der Waals surface area contributed by atoms with Crippen molar-refractivity contribution in [2.75, 3.05) is 5.32 Å². The summed E-state index contributed by atoms with van der Waals surface area (Å²) in [7, 11) is 0. The van der Waals surface area contributed by atoms with Gasteiger partial charge in [-0.3, -0.25) is 14.4 Å². The molecule has 3 aromatic heterocycles. The average Bonchev–Trinajstić information content (AvgIpc) is 3.07. The second-order valence-electron chi connectivity index (χ2n) is 6.21. The minimum absolute atomic E-state index is 0.539. The fraction of sp³-hybridized carbons (Fsp3) is 0.100. The Hall–Kier alpha value is -3.54. The summed E-state index contributed by atoms with van der Waals surface area (Å²) in [6.45, 7) is 2.46. The maximum absolute atomic E-state index is 4.79. The Bertz CT molecular complexity index is 1240. The molecule has 0 amide bonds. The molecule has 0 spiro atoms. The molecule has 0 saturated carbocycles. The lowest BCUT2D eigenvalue weighted by atomic mass is 10.3. The Morgan fingerprint density at radius 3 is 2.23 bits per heavy atom. The summed E-state index contributed by atoms with van der Waals surface area (Å²) in [5.41, 5.74) is 6.55. The molecule has 0 aliphatic heterocycles. The van der Waals surface area contributed by atoms with Gasteiger partial charge in [-0.1, -0.05) is 24.3 Å². The van der Waals surface area contributed by atoms with E-state index < -0.39 is 0 Å². The van der Waals surface area contributed by atoms with Gasteiger partial charge >= 0.3 is 0 Å². The predicted octanol–water partition coefficient (Wildman–Crippen LogP) is 3.75. The molecule has 0 fully saturated rings. The molecule has 6 heteroatoms. The molecular formula is C20H16N6. The molecule has 3 heterocycles. The third-order valence-electron chi connectivity index (χ3n) is 4.40. The highest BCUT2D eigenvalue weighted by Gasteiger charge is 2.13. The quantitative estimate of drug-likeness (QED) is 0.542. The van der Waals surface area contributed by atoms with Gasteiger partial charge in [-0.15, -0.1) is 0 Å². The van der Waals surface area contributed by atoms with E-state index in [1.54, 1.807) is 12.4 Å². The van der Waals surface area contributed by atoms with Crippen LogP contribution in [0.4, 0.5) is 5.82 Å². The number of nitrogens with one attached hydrogen (secondary N) is 1. The molecule has 0 aliphatic carbocycles. The first-order valence-corrected chi connectivity index (χ1v) is 8.47. The van der Waals surface area contributed by atoms with Crippen molar-refractivity contribution in [1.82, 2.24) is 24.3 Å². The van der Waals surface area contributed by atoms with Crippen molar-refractivity contribution >= 4 is 33.5 Å². The number of imidazole rings is 1. The molecule has 0 aliphatic rings. The van der Waals surface area contributed by atoms with Crippen LogP contribution in [0.2, 0.25) is 0 Å². The number of aryl methyl sites for hydroxylation is 1. The van der Waals surface area contributed by atoms with Gasteiger partial charge in [-0.2, -0.15) is 0 Å². The van der Waals surface area contributed by atoms with E-state index >= 15 is 0 Å². The Morgan fingerprint density at radius 2 is 1.54 bits per heavy atom. The van der Waals surface area contributed by atoms with Gasteiger partial charge in [0.1, 0.15) is 0 Å². The number of benzene rings is 2. The summed E-state index contributed by atoms with van der Waals surface area (Å²) in [5.74, 6) is 0.738. The lowest BCUT2D eigenvalue weighted by molar-refractivity contribution is 0.977. The SMILES string of the molecule is Cc1cnc(CNc2nc3ccccc3n3c2nc2ccccc23)cn1. The van der Waals surface area contributed by atoms with Crippen molar-refractivity contribution in [3.8, 4) is 0 Å². The number of hydrogen-bond donors (Lipinski definition) is 1. The van der Waals surface area contributed by atoms with Gasteiger partial charge in [-0.25, -0.2) is 9.97 Å². The van der Waals surface area contributed by atoms with E-state index in [1.165, 1.54) is 0 Å². The van der Waals surface area contributed by atoms with Crippen molar-refractivity contribution in [2.45, 2.75) is 13.5 Å². The summed E-state index contributed by atoms with van der Waals surface area (Å²) in [4.78, 5) is 18.3. The summed E-state index contributed by atoms with van der Waals surface area (Å²) < 4.78 is 2.15. The number of para-hydroxylation sites is 4. The maximum atomic E-state index is 4.79.